The Bertz CT molecular complexity index is 1080. The first-order valence-corrected chi connectivity index (χ1v) is 11.5. The number of rotatable bonds is 10. The fourth-order valence-corrected chi connectivity index (χ4v) is 3.90. The normalized spacial score (nSPS) is 15.4. The molecule has 176 valence electrons. The summed E-state index contributed by atoms with van der Waals surface area (Å²) >= 11 is 0. The molecule has 1 aromatic heterocycles. The Balaban J connectivity index is 1.40. The number of pyridine rings is 1. The number of nitrogens with zero attached hydrogens (tertiary/aromatic N) is 2. The lowest BCUT2D eigenvalue weighted by Gasteiger charge is -2.25. The second kappa shape index (κ2) is 12.0. The maximum Gasteiger partial charge on any atom is 0.246 e. The molecule has 3 aromatic rings. The molecule has 0 aliphatic carbocycles. The van der Waals surface area contributed by atoms with E-state index in [0.717, 1.165) is 47.6 Å². The third-order valence-corrected chi connectivity index (χ3v) is 5.74. The van der Waals surface area contributed by atoms with Crippen LogP contribution in [-0.2, 0) is 22.7 Å². The van der Waals surface area contributed by atoms with Gasteiger partial charge in [-0.25, -0.2) is 0 Å². The summed E-state index contributed by atoms with van der Waals surface area (Å²) in [6, 6.07) is 19.3. The van der Waals surface area contributed by atoms with Gasteiger partial charge in [-0.2, -0.15) is 0 Å². The first kappa shape index (κ1) is 23.5. The van der Waals surface area contributed by atoms with Crippen LogP contribution in [0.3, 0.4) is 0 Å². The Kier molecular flexibility index (Phi) is 8.30. The Morgan fingerprint density at radius 3 is 2.74 bits per heavy atom. The summed E-state index contributed by atoms with van der Waals surface area (Å²) in [7, 11) is 1.65. The van der Waals surface area contributed by atoms with Gasteiger partial charge in [0.1, 0.15) is 18.1 Å². The Morgan fingerprint density at radius 1 is 1.15 bits per heavy atom. The third-order valence-electron chi connectivity index (χ3n) is 5.74. The maximum atomic E-state index is 13.1. The van der Waals surface area contributed by atoms with Crippen molar-refractivity contribution >= 4 is 12.0 Å². The van der Waals surface area contributed by atoms with Gasteiger partial charge in [0.15, 0.2) is 0 Å². The van der Waals surface area contributed by atoms with Gasteiger partial charge < -0.3 is 19.1 Å². The molecule has 1 atom stereocenters. The molecule has 6 heteroatoms. The second-order valence-electron chi connectivity index (χ2n) is 8.22. The minimum absolute atomic E-state index is 0.0571. The lowest BCUT2D eigenvalue weighted by molar-refractivity contribution is -0.128. The molecule has 2 aromatic carbocycles. The number of hydrogen-bond acceptors (Lipinski definition) is 5. The highest BCUT2D eigenvalue weighted by atomic mass is 16.5. The first-order valence-electron chi connectivity index (χ1n) is 11.5. The van der Waals surface area contributed by atoms with E-state index in [0.29, 0.717) is 19.7 Å². The highest BCUT2D eigenvalue weighted by molar-refractivity contribution is 5.91. The number of amides is 1. The van der Waals surface area contributed by atoms with Gasteiger partial charge >= 0.3 is 0 Å². The average molecular weight is 459 g/mol. The molecule has 6 nitrogen and oxygen atoms in total. The highest BCUT2D eigenvalue weighted by Gasteiger charge is 2.22. The molecule has 0 radical (unpaired) electrons. The molecule has 0 bridgehead atoms. The zero-order chi connectivity index (χ0) is 23.6. The molecule has 0 saturated carbocycles. The smallest absolute Gasteiger partial charge is 0.246 e. The van der Waals surface area contributed by atoms with Gasteiger partial charge in [0.2, 0.25) is 5.91 Å². The van der Waals surface area contributed by atoms with Gasteiger partial charge in [0.25, 0.3) is 0 Å². The third kappa shape index (κ3) is 6.68. The first-order chi connectivity index (χ1) is 16.7. The fourth-order valence-electron chi connectivity index (χ4n) is 3.90. The zero-order valence-corrected chi connectivity index (χ0v) is 19.4. The van der Waals surface area contributed by atoms with E-state index in [4.69, 9.17) is 14.2 Å². The Labute approximate surface area is 200 Å². The van der Waals surface area contributed by atoms with Crippen LogP contribution in [0, 0.1) is 0 Å². The van der Waals surface area contributed by atoms with Crippen LogP contribution in [0.1, 0.15) is 29.5 Å². The monoisotopic (exact) mass is 458 g/mol. The van der Waals surface area contributed by atoms with Crippen LogP contribution < -0.4 is 9.47 Å². The summed E-state index contributed by atoms with van der Waals surface area (Å²) in [5.74, 6) is 1.49. The van der Waals surface area contributed by atoms with E-state index < -0.39 is 0 Å². The van der Waals surface area contributed by atoms with E-state index in [9.17, 15) is 4.79 Å². The number of ether oxygens (including phenoxy) is 3. The number of para-hydroxylation sites is 1. The van der Waals surface area contributed by atoms with E-state index in [1.807, 2.05) is 71.6 Å². The van der Waals surface area contributed by atoms with Crippen LogP contribution >= 0.6 is 0 Å². The van der Waals surface area contributed by atoms with Crippen LogP contribution in [0.4, 0.5) is 0 Å². The summed E-state index contributed by atoms with van der Waals surface area (Å²) in [6.45, 7) is 2.24. The minimum atomic E-state index is -0.0571. The molecule has 1 unspecified atom stereocenters. The molecule has 1 aliphatic rings. The van der Waals surface area contributed by atoms with Crippen molar-refractivity contribution in [3.8, 4) is 11.5 Å². The highest BCUT2D eigenvalue weighted by Crippen LogP contribution is 2.22. The van der Waals surface area contributed by atoms with Crippen LogP contribution in [0.15, 0.2) is 79.1 Å². The standard InChI is InChI=1S/C28H30N2O4/c1-32-27-9-3-2-7-24(27)19-30(20-26-8-5-17-33-26)28(31)15-12-22-10-13-25(14-11-22)34-21-23-6-4-16-29-18-23/h2-4,6-7,9-16,18,26H,5,8,17,19-21H2,1H3/b15-12+. The van der Waals surface area contributed by atoms with Crippen LogP contribution in [-0.4, -0.2) is 42.2 Å². The Hall–Kier alpha value is -3.64. The molecule has 1 saturated heterocycles. The van der Waals surface area contributed by atoms with E-state index in [1.54, 1.807) is 25.6 Å². The van der Waals surface area contributed by atoms with Gasteiger partial charge in [-0.1, -0.05) is 36.4 Å². The van der Waals surface area contributed by atoms with Gasteiger partial charge in [0, 0.05) is 49.3 Å². The van der Waals surface area contributed by atoms with Crippen molar-refractivity contribution < 1.29 is 19.0 Å². The molecule has 1 aliphatic heterocycles. The number of aromatic nitrogens is 1. The molecular formula is C28H30N2O4. The van der Waals surface area contributed by atoms with E-state index in [2.05, 4.69) is 4.98 Å². The van der Waals surface area contributed by atoms with Gasteiger partial charge in [0.05, 0.1) is 13.2 Å². The van der Waals surface area contributed by atoms with Crippen LogP contribution in [0.2, 0.25) is 0 Å². The van der Waals surface area contributed by atoms with Crippen molar-refractivity contribution in [3.63, 3.8) is 0 Å². The molecular weight excluding hydrogens is 428 g/mol. The average Bonchev–Trinajstić information content (AvgIpc) is 3.40. The minimum Gasteiger partial charge on any atom is -0.496 e. The lowest BCUT2D eigenvalue weighted by atomic mass is 10.1. The second-order valence-corrected chi connectivity index (χ2v) is 8.22. The maximum absolute atomic E-state index is 13.1. The summed E-state index contributed by atoms with van der Waals surface area (Å²) in [4.78, 5) is 19.1. The number of hydrogen-bond donors (Lipinski definition) is 0. The predicted molar refractivity (Wildman–Crippen MR) is 131 cm³/mol. The number of methoxy groups -OCH3 is 1. The lowest BCUT2D eigenvalue weighted by Crippen LogP contribution is -2.36. The number of benzene rings is 2. The van der Waals surface area contributed by atoms with Crippen molar-refractivity contribution in [1.82, 2.24) is 9.88 Å². The van der Waals surface area contributed by atoms with Crippen molar-refractivity contribution in [1.29, 1.82) is 0 Å². The van der Waals surface area contributed by atoms with Gasteiger partial charge in [-0.15, -0.1) is 0 Å². The molecule has 2 heterocycles. The summed E-state index contributed by atoms with van der Waals surface area (Å²) < 4.78 is 17.1. The van der Waals surface area contributed by atoms with Crippen molar-refractivity contribution in [2.24, 2.45) is 0 Å². The van der Waals surface area contributed by atoms with Crippen LogP contribution in [0.5, 0.6) is 11.5 Å². The van der Waals surface area contributed by atoms with Gasteiger partial charge in [-0.3, -0.25) is 9.78 Å². The quantitative estimate of drug-likeness (QED) is 0.405. The molecule has 4 rings (SSSR count). The molecule has 0 spiro atoms. The van der Waals surface area contributed by atoms with Crippen molar-refractivity contribution in [3.05, 3.63) is 95.8 Å². The number of carbonyl (C=O) groups is 1. The van der Waals surface area contributed by atoms with E-state index >= 15 is 0 Å². The molecule has 1 fully saturated rings. The fraction of sp³-hybridized carbons (Fsp3) is 0.286. The molecule has 0 N–H and O–H groups in total. The summed E-state index contributed by atoms with van der Waals surface area (Å²) in [5.41, 5.74) is 2.91. The SMILES string of the molecule is COc1ccccc1CN(CC1CCCO1)C(=O)/C=C/c1ccc(OCc2cccnc2)cc1. The van der Waals surface area contributed by atoms with Gasteiger partial charge in [-0.05, 0) is 48.7 Å². The molecule has 34 heavy (non-hydrogen) atoms. The zero-order valence-electron chi connectivity index (χ0n) is 19.4. The summed E-state index contributed by atoms with van der Waals surface area (Å²) in [5, 5.41) is 0. The summed E-state index contributed by atoms with van der Waals surface area (Å²) in [6.07, 6.45) is 9.06. The van der Waals surface area contributed by atoms with E-state index in [1.165, 1.54) is 0 Å². The van der Waals surface area contributed by atoms with E-state index in [-0.39, 0.29) is 12.0 Å². The largest absolute Gasteiger partial charge is 0.496 e. The van der Waals surface area contributed by atoms with Crippen molar-refractivity contribution in [2.45, 2.75) is 32.1 Å². The van der Waals surface area contributed by atoms with Crippen LogP contribution in [0.25, 0.3) is 6.08 Å². The number of carbonyl (C=O) groups excluding carboxylic acids is 1. The Morgan fingerprint density at radius 2 is 2.00 bits per heavy atom. The predicted octanol–water partition coefficient (Wildman–Crippen LogP) is 4.89. The molecule has 1 amide bonds. The van der Waals surface area contributed by atoms with Crippen molar-refractivity contribution in [2.75, 3.05) is 20.3 Å². The topological polar surface area (TPSA) is 60.9 Å².